The van der Waals surface area contributed by atoms with Gasteiger partial charge in [-0.05, 0) is 35.4 Å². The molecule has 0 N–H and O–H groups in total. The summed E-state index contributed by atoms with van der Waals surface area (Å²) in [5.74, 6) is 0. The molecule has 0 saturated carbocycles. The summed E-state index contributed by atoms with van der Waals surface area (Å²) in [4.78, 5) is 6.81. The Morgan fingerprint density at radius 1 is 1.00 bits per heavy atom. The van der Waals surface area contributed by atoms with E-state index < -0.39 is 0 Å². The molecule has 0 amide bonds. The molecule has 0 spiro atoms. The maximum Gasteiger partial charge on any atom is 0.195 e. The van der Waals surface area contributed by atoms with E-state index in [0.717, 1.165) is 28.2 Å². The molecule has 26 heavy (non-hydrogen) atoms. The molecule has 1 saturated heterocycles. The van der Waals surface area contributed by atoms with Crippen LogP contribution in [-0.4, -0.2) is 41.9 Å². The maximum atomic E-state index is 6.09. The van der Waals surface area contributed by atoms with Crippen LogP contribution in [0.2, 0.25) is 10.0 Å². The highest BCUT2D eigenvalue weighted by Crippen LogP contribution is 2.37. The smallest absolute Gasteiger partial charge is 0.195 e. The standard InChI is InChI=1S/C20H19Cl2N3S/c1-25(12-19(26)23-13-25)18-10-24(11-18)20(14-2-6-16(21)7-3-14)15-4-8-17(22)9-5-15/h2-9,12-13,18,20H,10-11H2,1H3/p+1. The van der Waals surface area contributed by atoms with Gasteiger partial charge in [0, 0.05) is 10.0 Å². The molecule has 3 nitrogen and oxygen atoms in total. The van der Waals surface area contributed by atoms with Crippen molar-refractivity contribution in [1.82, 2.24) is 4.90 Å². The van der Waals surface area contributed by atoms with E-state index in [0.29, 0.717) is 10.5 Å². The first-order valence-corrected chi connectivity index (χ1v) is 9.72. The number of hydrogen-bond donors (Lipinski definition) is 1. The highest BCUT2D eigenvalue weighted by molar-refractivity contribution is 7.84. The quantitative estimate of drug-likeness (QED) is 0.560. The van der Waals surface area contributed by atoms with Crippen molar-refractivity contribution >= 4 is 42.2 Å². The van der Waals surface area contributed by atoms with Crippen LogP contribution in [0.25, 0.3) is 0 Å². The number of benzene rings is 2. The van der Waals surface area contributed by atoms with Gasteiger partial charge in [0.2, 0.25) is 0 Å². The molecule has 6 heteroatoms. The van der Waals surface area contributed by atoms with Gasteiger partial charge in [-0.25, -0.2) is 0 Å². The summed E-state index contributed by atoms with van der Waals surface area (Å²) in [5.41, 5.74) is 2.47. The summed E-state index contributed by atoms with van der Waals surface area (Å²) >= 11 is 16.5. The third-order valence-corrected chi connectivity index (χ3v) is 5.98. The number of nitrogens with zero attached hydrogens (tertiary/aromatic N) is 3. The Hall–Kier alpha value is -1.30. The van der Waals surface area contributed by atoms with Crippen LogP contribution in [0.4, 0.5) is 0 Å². The monoisotopic (exact) mass is 404 g/mol. The summed E-state index contributed by atoms with van der Waals surface area (Å²) in [5, 5.41) is 2.30. The van der Waals surface area contributed by atoms with Gasteiger partial charge in [-0.3, -0.25) is 9.38 Å². The molecule has 0 aromatic heterocycles. The van der Waals surface area contributed by atoms with Crippen molar-refractivity contribution in [2.24, 2.45) is 4.99 Å². The molecule has 0 bridgehead atoms. The van der Waals surface area contributed by atoms with Crippen LogP contribution < -0.4 is 0 Å². The van der Waals surface area contributed by atoms with Crippen LogP contribution in [0.5, 0.6) is 0 Å². The Balaban J connectivity index is 1.60. The Morgan fingerprint density at radius 2 is 1.50 bits per heavy atom. The predicted octanol–water partition coefficient (Wildman–Crippen LogP) is 4.98. The summed E-state index contributed by atoms with van der Waals surface area (Å²) in [7, 11) is 2.17. The van der Waals surface area contributed by atoms with Crippen LogP contribution in [0.1, 0.15) is 17.2 Å². The molecular weight excluding hydrogens is 385 g/mol. The zero-order valence-corrected chi connectivity index (χ0v) is 16.8. The first-order chi connectivity index (χ1) is 12.4. The average molecular weight is 405 g/mol. The van der Waals surface area contributed by atoms with E-state index in [1.54, 1.807) is 0 Å². The number of aliphatic imine (C=N–C) groups is 1. The predicted molar refractivity (Wildman–Crippen MR) is 112 cm³/mol. The Bertz CT molecular complexity index is 812. The van der Waals surface area contributed by atoms with E-state index >= 15 is 0 Å². The van der Waals surface area contributed by atoms with Crippen molar-refractivity contribution in [2.75, 3.05) is 20.1 Å². The number of likely N-dealkylation sites (tertiary alicyclic amines) is 1. The molecule has 4 rings (SSSR count). The number of quaternary nitrogens is 1. The van der Waals surface area contributed by atoms with Crippen molar-refractivity contribution in [1.29, 1.82) is 0 Å². The van der Waals surface area contributed by atoms with Gasteiger partial charge in [0.15, 0.2) is 11.4 Å². The van der Waals surface area contributed by atoms with E-state index in [4.69, 9.17) is 23.2 Å². The molecule has 2 heterocycles. The van der Waals surface area contributed by atoms with Crippen LogP contribution in [0, 0.1) is 0 Å². The summed E-state index contributed by atoms with van der Waals surface area (Å²) < 4.78 is 0.712. The molecule has 1 atom stereocenters. The fraction of sp³-hybridized carbons (Fsp3) is 0.250. The lowest BCUT2D eigenvalue weighted by Crippen LogP contribution is -2.64. The van der Waals surface area contributed by atoms with Gasteiger partial charge in [-0.15, -0.1) is 12.6 Å². The van der Waals surface area contributed by atoms with E-state index in [1.807, 2.05) is 30.6 Å². The largest absolute Gasteiger partial charge is 0.280 e. The van der Waals surface area contributed by atoms with E-state index in [1.165, 1.54) is 11.1 Å². The fourth-order valence-corrected chi connectivity index (χ4v) is 4.21. The summed E-state index contributed by atoms with van der Waals surface area (Å²) in [6, 6.07) is 16.9. The van der Waals surface area contributed by atoms with Gasteiger partial charge in [0.1, 0.15) is 12.2 Å². The third-order valence-electron chi connectivity index (χ3n) is 5.25. The van der Waals surface area contributed by atoms with Gasteiger partial charge < -0.3 is 0 Å². The molecule has 134 valence electrons. The van der Waals surface area contributed by atoms with E-state index in [-0.39, 0.29) is 6.04 Å². The maximum absolute atomic E-state index is 6.09. The molecule has 2 aromatic carbocycles. The number of likely N-dealkylation sites (N-methyl/N-ethyl adjacent to an activating group) is 1. The number of hydrogen-bond acceptors (Lipinski definition) is 3. The number of halogens is 2. The van der Waals surface area contributed by atoms with E-state index in [9.17, 15) is 0 Å². The van der Waals surface area contributed by atoms with Crippen molar-refractivity contribution in [3.63, 3.8) is 0 Å². The Labute approximate surface area is 169 Å². The van der Waals surface area contributed by atoms with Crippen molar-refractivity contribution in [3.05, 3.63) is 80.9 Å². The summed E-state index contributed by atoms with van der Waals surface area (Å²) in [6.45, 7) is 1.96. The molecule has 1 unspecified atom stereocenters. The second-order valence-electron chi connectivity index (χ2n) is 7.07. The van der Waals surface area contributed by atoms with Gasteiger partial charge in [0.05, 0.1) is 26.2 Å². The van der Waals surface area contributed by atoms with E-state index in [2.05, 4.69) is 60.0 Å². The number of rotatable bonds is 4. The second kappa shape index (κ2) is 7.02. The lowest BCUT2D eigenvalue weighted by Gasteiger charge is -2.48. The molecular formula is C20H20Cl2N3S+. The van der Waals surface area contributed by atoms with Gasteiger partial charge in [-0.1, -0.05) is 47.5 Å². The first-order valence-electron chi connectivity index (χ1n) is 8.52. The lowest BCUT2D eigenvalue weighted by molar-refractivity contribution is -0.794. The normalized spacial score (nSPS) is 23.3. The fourth-order valence-electron chi connectivity index (χ4n) is 3.65. The van der Waals surface area contributed by atoms with Gasteiger partial charge in [0.25, 0.3) is 0 Å². The molecule has 1 fully saturated rings. The molecule has 2 aromatic rings. The highest BCUT2D eigenvalue weighted by Gasteiger charge is 2.45. The average Bonchev–Trinajstić information content (AvgIpc) is 2.92. The van der Waals surface area contributed by atoms with Crippen molar-refractivity contribution < 1.29 is 4.48 Å². The molecule has 2 aliphatic rings. The third kappa shape index (κ3) is 3.45. The van der Waals surface area contributed by atoms with Crippen molar-refractivity contribution in [2.45, 2.75) is 12.1 Å². The lowest BCUT2D eigenvalue weighted by atomic mass is 9.92. The first kappa shape index (κ1) is 18.1. The van der Waals surface area contributed by atoms with Gasteiger partial charge >= 0.3 is 0 Å². The zero-order valence-electron chi connectivity index (χ0n) is 14.4. The minimum atomic E-state index is 0.186. The van der Waals surface area contributed by atoms with Crippen LogP contribution in [0.15, 0.2) is 64.8 Å². The SMILES string of the molecule is C[N+]1(C2CN(C(c3ccc(Cl)cc3)c3ccc(Cl)cc3)C2)C=NC(S)=C1. The summed E-state index contributed by atoms with van der Waals surface area (Å²) in [6.07, 6.45) is 4.08. The molecule has 0 radical (unpaired) electrons. The minimum absolute atomic E-state index is 0.186. The van der Waals surface area contributed by atoms with Gasteiger partial charge in [-0.2, -0.15) is 4.99 Å². The highest BCUT2D eigenvalue weighted by atomic mass is 35.5. The van der Waals surface area contributed by atoms with Crippen molar-refractivity contribution in [3.8, 4) is 0 Å². The Kier molecular flexibility index (Phi) is 4.88. The zero-order chi connectivity index (χ0) is 18.3. The van der Waals surface area contributed by atoms with Crippen LogP contribution in [-0.2, 0) is 0 Å². The Morgan fingerprint density at radius 3 is 1.92 bits per heavy atom. The van der Waals surface area contributed by atoms with Crippen LogP contribution in [0.3, 0.4) is 0 Å². The number of thiol groups is 1. The molecule has 2 aliphatic heterocycles. The van der Waals surface area contributed by atoms with Crippen LogP contribution >= 0.6 is 35.8 Å². The topological polar surface area (TPSA) is 15.6 Å². The minimum Gasteiger partial charge on any atom is -0.280 e. The molecule has 0 aliphatic carbocycles. The second-order valence-corrected chi connectivity index (χ2v) is 8.40.